The van der Waals surface area contributed by atoms with Gasteiger partial charge < -0.3 is 10.3 Å². The highest BCUT2D eigenvalue weighted by Gasteiger charge is 2.32. The second-order valence-corrected chi connectivity index (χ2v) is 7.23. The topological polar surface area (TPSA) is 98.3 Å². The Bertz CT molecular complexity index is 1010. The monoisotopic (exact) mass is 370 g/mol. The van der Waals surface area contributed by atoms with Gasteiger partial charge in [0.05, 0.1) is 5.69 Å². The lowest BCUT2D eigenvalue weighted by atomic mass is 10.2. The number of aromatic nitrogens is 2. The third kappa shape index (κ3) is 3.67. The van der Waals surface area contributed by atoms with Crippen molar-refractivity contribution in [1.82, 2.24) is 14.3 Å². The van der Waals surface area contributed by atoms with Gasteiger partial charge in [0.25, 0.3) is 0 Å². The molecule has 0 spiro atoms. The lowest BCUT2D eigenvalue weighted by molar-refractivity contribution is 0.384. The number of pyridine rings is 2. The molecule has 8 heteroatoms. The lowest BCUT2D eigenvalue weighted by Crippen LogP contribution is -2.27. The van der Waals surface area contributed by atoms with Gasteiger partial charge in [0, 0.05) is 35.9 Å². The van der Waals surface area contributed by atoms with E-state index in [0.29, 0.717) is 12.2 Å². The summed E-state index contributed by atoms with van der Waals surface area (Å²) in [7, 11) is 0. The molecule has 1 aliphatic carbocycles. The van der Waals surface area contributed by atoms with Crippen molar-refractivity contribution in [3.8, 4) is 0 Å². The molecule has 26 heavy (non-hydrogen) atoms. The van der Waals surface area contributed by atoms with E-state index in [1.54, 1.807) is 16.6 Å². The molecule has 3 aromatic rings. The van der Waals surface area contributed by atoms with Gasteiger partial charge in [0.2, 0.25) is 16.8 Å². The molecule has 0 bridgehead atoms. The van der Waals surface area contributed by atoms with Crippen molar-refractivity contribution in [2.24, 2.45) is 0 Å². The number of nitrogens with one attached hydrogen (secondary N) is 2. The molecule has 0 radical (unpaired) electrons. The average molecular weight is 370 g/mol. The molecule has 0 aliphatic heterocycles. The molecule has 3 N–H and O–H groups in total. The molecule has 4 rings (SSSR count). The molecule has 134 valence electrons. The number of aromatic amines is 1. The summed E-state index contributed by atoms with van der Waals surface area (Å²) >= 11 is -1.94. The molecule has 1 aromatic carbocycles. The average Bonchev–Trinajstić information content (AvgIpc) is 3.45. The van der Waals surface area contributed by atoms with Crippen LogP contribution >= 0.6 is 0 Å². The van der Waals surface area contributed by atoms with Crippen LogP contribution in [0.4, 0.5) is 11.4 Å². The normalized spacial score (nSPS) is 15.3. The summed E-state index contributed by atoms with van der Waals surface area (Å²) in [6.07, 6.45) is 3.59. The first-order valence-electron chi connectivity index (χ1n) is 8.32. The van der Waals surface area contributed by atoms with Crippen LogP contribution in [-0.2, 0) is 17.8 Å². The Balaban J connectivity index is 1.53. The number of rotatable bonds is 6. The zero-order valence-corrected chi connectivity index (χ0v) is 14.7. The minimum absolute atomic E-state index is 0.187. The van der Waals surface area contributed by atoms with E-state index in [1.807, 2.05) is 30.3 Å². The Labute approximate surface area is 152 Å². The van der Waals surface area contributed by atoms with Crippen LogP contribution in [0.25, 0.3) is 11.0 Å². The van der Waals surface area contributed by atoms with E-state index in [-0.39, 0.29) is 11.6 Å². The van der Waals surface area contributed by atoms with Crippen molar-refractivity contribution in [1.29, 1.82) is 0 Å². The predicted molar refractivity (Wildman–Crippen MR) is 101 cm³/mol. The number of hydrogen-bond donors (Lipinski definition) is 3. The Hall–Kier alpha value is -2.55. The lowest BCUT2D eigenvalue weighted by Gasteiger charge is -2.17. The molecule has 2 aromatic heterocycles. The van der Waals surface area contributed by atoms with E-state index in [0.717, 1.165) is 35.2 Å². The van der Waals surface area contributed by atoms with E-state index in [1.165, 1.54) is 6.07 Å². The molecule has 7 nitrogen and oxygen atoms in total. The number of anilines is 2. The summed E-state index contributed by atoms with van der Waals surface area (Å²) in [6, 6.07) is 13.0. The molecule has 0 amide bonds. The number of benzene rings is 1. The van der Waals surface area contributed by atoms with Crippen LogP contribution < -0.4 is 10.9 Å². The van der Waals surface area contributed by atoms with E-state index >= 15 is 0 Å². The maximum atomic E-state index is 11.4. The zero-order chi connectivity index (χ0) is 18.1. The smallest absolute Gasteiger partial charge is 0.249 e. The molecule has 0 saturated heterocycles. The van der Waals surface area contributed by atoms with Gasteiger partial charge in [-0.2, -0.15) is 4.31 Å². The quantitative estimate of drug-likeness (QED) is 0.580. The van der Waals surface area contributed by atoms with E-state index in [9.17, 15) is 13.6 Å². The van der Waals surface area contributed by atoms with E-state index in [4.69, 9.17) is 0 Å². The Morgan fingerprint density at radius 2 is 1.96 bits per heavy atom. The molecule has 1 atom stereocenters. The van der Waals surface area contributed by atoms with E-state index < -0.39 is 11.3 Å². The van der Waals surface area contributed by atoms with Crippen molar-refractivity contribution in [3.63, 3.8) is 0 Å². The molecule has 2 heterocycles. The first-order chi connectivity index (χ1) is 12.6. The van der Waals surface area contributed by atoms with Crippen molar-refractivity contribution in [2.75, 3.05) is 5.32 Å². The van der Waals surface area contributed by atoms with Gasteiger partial charge in [-0.25, -0.2) is 9.19 Å². The highest BCUT2D eigenvalue weighted by molar-refractivity contribution is 7.76. The maximum absolute atomic E-state index is 11.4. The van der Waals surface area contributed by atoms with Gasteiger partial charge >= 0.3 is 0 Å². The van der Waals surface area contributed by atoms with Crippen LogP contribution in [0.15, 0.2) is 53.5 Å². The summed E-state index contributed by atoms with van der Waals surface area (Å²) in [5.41, 5.74) is 3.05. The number of hydrogen-bond acceptors (Lipinski definition) is 4. The minimum atomic E-state index is -1.94. The molecule has 1 fully saturated rings. The van der Waals surface area contributed by atoms with E-state index in [2.05, 4.69) is 15.3 Å². The molecule has 1 aliphatic rings. The van der Waals surface area contributed by atoms with Crippen LogP contribution in [0, 0.1) is 0 Å². The highest BCUT2D eigenvalue weighted by Crippen LogP contribution is 2.29. The fourth-order valence-electron chi connectivity index (χ4n) is 2.87. The van der Waals surface area contributed by atoms with Crippen molar-refractivity contribution in [2.45, 2.75) is 25.4 Å². The fraction of sp³-hybridized carbons (Fsp3) is 0.222. The Morgan fingerprint density at radius 3 is 2.65 bits per heavy atom. The number of fused-ring (bicyclic) bond motifs is 1. The minimum Gasteiger partial charge on any atom is -0.355 e. The number of H-pyrrole nitrogens is 1. The Morgan fingerprint density at radius 1 is 1.19 bits per heavy atom. The maximum Gasteiger partial charge on any atom is 0.249 e. The first kappa shape index (κ1) is 16.9. The summed E-state index contributed by atoms with van der Waals surface area (Å²) in [4.78, 5) is 18.3. The van der Waals surface area contributed by atoms with Crippen molar-refractivity contribution < 1.29 is 8.76 Å². The molecule has 1 unspecified atom stereocenters. The van der Waals surface area contributed by atoms with Gasteiger partial charge in [-0.1, -0.05) is 12.1 Å². The predicted octanol–water partition coefficient (Wildman–Crippen LogP) is 2.77. The van der Waals surface area contributed by atoms with Gasteiger partial charge in [0.15, 0.2) is 0 Å². The molecule has 1 saturated carbocycles. The van der Waals surface area contributed by atoms with Crippen molar-refractivity contribution in [3.05, 3.63) is 64.6 Å². The van der Waals surface area contributed by atoms with Gasteiger partial charge in [-0.15, -0.1) is 0 Å². The largest absolute Gasteiger partial charge is 0.355 e. The second-order valence-electron chi connectivity index (χ2n) is 6.30. The van der Waals surface area contributed by atoms with Crippen molar-refractivity contribution >= 4 is 33.7 Å². The summed E-state index contributed by atoms with van der Waals surface area (Å²) in [6.45, 7) is 0.452. The second kappa shape index (κ2) is 6.99. The first-order valence-corrected chi connectivity index (χ1v) is 9.38. The van der Waals surface area contributed by atoms with Crippen LogP contribution in [-0.4, -0.2) is 29.1 Å². The standard InChI is InChI=1S/C18H18N4O3S/c23-17-8-7-15-16(9-10-19-18(15)21-17)20-13-3-1-12(2-4-13)11-22(26(24)25)14-5-6-14/h1-4,7-10,14H,5-6,11H2,(H,24,25)(H2,19,20,21,23). The van der Waals surface area contributed by atoms with Gasteiger partial charge in [-0.05, 0) is 42.7 Å². The fourth-order valence-corrected chi connectivity index (χ4v) is 3.60. The third-order valence-corrected chi connectivity index (χ3v) is 5.19. The van der Waals surface area contributed by atoms with Crippen LogP contribution in [0.5, 0.6) is 0 Å². The van der Waals surface area contributed by atoms with Crippen LogP contribution in [0.3, 0.4) is 0 Å². The summed E-state index contributed by atoms with van der Waals surface area (Å²) in [5, 5.41) is 4.15. The summed E-state index contributed by atoms with van der Waals surface area (Å²) < 4.78 is 22.4. The van der Waals surface area contributed by atoms with Gasteiger partial charge in [-0.3, -0.25) is 9.35 Å². The summed E-state index contributed by atoms with van der Waals surface area (Å²) in [5.74, 6) is 0. The van der Waals surface area contributed by atoms with Crippen LogP contribution in [0.1, 0.15) is 18.4 Å². The zero-order valence-electron chi connectivity index (χ0n) is 13.9. The van der Waals surface area contributed by atoms with Crippen LogP contribution in [0.2, 0.25) is 0 Å². The Kier molecular flexibility index (Phi) is 4.54. The molecular weight excluding hydrogens is 352 g/mol. The SMILES string of the molecule is O=c1ccc2c(Nc3ccc(CN(C4CC4)S(=O)O)cc3)ccnc2[nH]1. The van der Waals surface area contributed by atoms with Gasteiger partial charge in [0.1, 0.15) is 5.65 Å². The number of nitrogens with zero attached hydrogens (tertiary/aromatic N) is 2. The third-order valence-electron chi connectivity index (χ3n) is 4.36. The molecular formula is C18H18N4O3S. The highest BCUT2D eigenvalue weighted by atomic mass is 32.2.